The largest absolute Gasteiger partial charge is 0.257 e. The highest BCUT2D eigenvalue weighted by molar-refractivity contribution is 5.76. The van der Waals surface area contributed by atoms with Crippen molar-refractivity contribution in [1.82, 2.24) is 0 Å². The molecule has 0 bridgehead atoms. The topological polar surface area (TPSA) is 12.4 Å². The maximum atomic E-state index is 5.41. The first-order valence-electron chi connectivity index (χ1n) is 5.61. The Morgan fingerprint density at radius 3 is 2.75 bits per heavy atom. The van der Waals surface area contributed by atoms with Gasteiger partial charge in [-0.2, -0.15) is 0 Å². The molecule has 0 unspecified atom stereocenters. The van der Waals surface area contributed by atoms with Gasteiger partial charge in [0.1, 0.15) is 0 Å². The number of rotatable bonds is 5. The predicted molar refractivity (Wildman–Crippen MR) is 71.0 cm³/mol. The molecule has 16 heavy (non-hydrogen) atoms. The molecule has 0 saturated carbocycles. The summed E-state index contributed by atoms with van der Waals surface area (Å²) >= 11 is 0. The molecule has 0 aliphatic carbocycles. The Labute approximate surface area is 97.9 Å². The fourth-order valence-electron chi connectivity index (χ4n) is 1.30. The van der Waals surface area contributed by atoms with Crippen LogP contribution in [0.15, 0.2) is 47.0 Å². The van der Waals surface area contributed by atoms with E-state index in [-0.39, 0.29) is 0 Å². The minimum atomic E-state index is 0.950. The normalized spacial score (nSPS) is 11.6. The van der Waals surface area contributed by atoms with Crippen LogP contribution < -0.4 is 0 Å². The zero-order chi connectivity index (χ0) is 11.6. The van der Waals surface area contributed by atoms with E-state index in [4.69, 9.17) is 6.42 Å². The Bertz CT molecular complexity index is 393. The van der Waals surface area contributed by atoms with E-state index < -0.39 is 0 Å². The highest BCUT2D eigenvalue weighted by Crippen LogP contribution is 2.09. The van der Waals surface area contributed by atoms with Crippen LogP contribution in [0.4, 0.5) is 5.69 Å². The fraction of sp³-hybridized carbons (Fsp3) is 0.267. The van der Waals surface area contributed by atoms with E-state index in [1.165, 1.54) is 0 Å². The van der Waals surface area contributed by atoms with Crippen LogP contribution in [0, 0.1) is 12.3 Å². The smallest absolute Gasteiger partial charge is 0.0629 e. The van der Waals surface area contributed by atoms with E-state index in [0.717, 1.165) is 30.5 Å². The minimum absolute atomic E-state index is 0.950. The lowest BCUT2D eigenvalue weighted by atomic mass is 10.1. The number of hydrogen-bond acceptors (Lipinski definition) is 1. The molecule has 0 aliphatic rings. The van der Waals surface area contributed by atoms with Crippen molar-refractivity contribution in [3.05, 3.63) is 42.0 Å². The number of aliphatic imine (C=N–C) groups is 1. The summed E-state index contributed by atoms with van der Waals surface area (Å²) in [6, 6.07) is 9.84. The van der Waals surface area contributed by atoms with Gasteiger partial charge in [0.25, 0.3) is 0 Å². The fourth-order valence-corrected chi connectivity index (χ4v) is 1.30. The van der Waals surface area contributed by atoms with Crippen molar-refractivity contribution in [1.29, 1.82) is 0 Å². The van der Waals surface area contributed by atoms with Crippen LogP contribution in [0.25, 0.3) is 0 Å². The molecule has 0 spiro atoms. The average Bonchev–Trinajstić information content (AvgIpc) is 2.35. The highest BCUT2D eigenvalue weighted by Gasteiger charge is 1.90. The number of hydrogen-bond donors (Lipinski definition) is 0. The van der Waals surface area contributed by atoms with E-state index in [1.807, 2.05) is 36.4 Å². The first-order valence-corrected chi connectivity index (χ1v) is 5.61. The van der Waals surface area contributed by atoms with Gasteiger partial charge in [-0.15, -0.1) is 6.42 Å². The molecule has 1 heteroatoms. The quantitative estimate of drug-likeness (QED) is 0.512. The second kappa shape index (κ2) is 7.48. The van der Waals surface area contributed by atoms with Gasteiger partial charge in [-0.25, -0.2) is 0 Å². The van der Waals surface area contributed by atoms with Crippen molar-refractivity contribution < 1.29 is 0 Å². The summed E-state index contributed by atoms with van der Waals surface area (Å²) in [4.78, 5) is 4.31. The molecular weight excluding hydrogens is 194 g/mol. The molecule has 0 N–H and O–H groups in total. The van der Waals surface area contributed by atoms with Gasteiger partial charge in [-0.05, 0) is 31.1 Å². The molecule has 1 rings (SSSR count). The minimum Gasteiger partial charge on any atom is -0.257 e. The Kier molecular flexibility index (Phi) is 5.73. The van der Waals surface area contributed by atoms with Crippen LogP contribution >= 0.6 is 0 Å². The Balaban J connectivity index is 2.57. The maximum Gasteiger partial charge on any atom is 0.0629 e. The third-order valence-corrected chi connectivity index (χ3v) is 2.24. The number of allylic oxidation sites excluding steroid dienone is 2. The second-order valence-corrected chi connectivity index (χ2v) is 3.55. The number of nitrogens with zero attached hydrogens (tertiary/aromatic N) is 1. The molecule has 0 heterocycles. The molecule has 1 aromatic carbocycles. The number of terminal acetylenes is 1. The number of unbranched alkanes of at least 4 members (excludes halogenated alkanes) is 1. The predicted octanol–water partition coefficient (Wildman–Crippen LogP) is 4.14. The van der Waals surface area contributed by atoms with Crippen LogP contribution in [0.3, 0.4) is 0 Å². The molecule has 0 aromatic heterocycles. The molecule has 1 aromatic rings. The molecule has 1 nitrogen and oxygen atoms in total. The van der Waals surface area contributed by atoms with E-state index >= 15 is 0 Å². The molecule has 0 radical (unpaired) electrons. The van der Waals surface area contributed by atoms with Crippen molar-refractivity contribution in [2.75, 3.05) is 0 Å². The van der Waals surface area contributed by atoms with Gasteiger partial charge < -0.3 is 0 Å². The maximum absolute atomic E-state index is 5.41. The molecule has 82 valence electrons. The number of para-hydroxylation sites is 1. The van der Waals surface area contributed by atoms with Crippen LogP contribution in [0.1, 0.15) is 26.2 Å². The van der Waals surface area contributed by atoms with Gasteiger partial charge in [0.2, 0.25) is 0 Å². The van der Waals surface area contributed by atoms with E-state index in [9.17, 15) is 0 Å². The summed E-state index contributed by atoms with van der Waals surface area (Å²) in [6.07, 6.45) is 12.4. The second-order valence-electron chi connectivity index (χ2n) is 3.55. The van der Waals surface area contributed by atoms with Crippen molar-refractivity contribution in [3.63, 3.8) is 0 Å². The van der Waals surface area contributed by atoms with E-state index in [0.29, 0.717) is 0 Å². The van der Waals surface area contributed by atoms with E-state index in [1.54, 1.807) is 6.21 Å². The van der Waals surface area contributed by atoms with E-state index in [2.05, 4.69) is 17.8 Å². The highest BCUT2D eigenvalue weighted by atomic mass is 14.7. The summed E-state index contributed by atoms with van der Waals surface area (Å²) in [5, 5.41) is 0. The summed E-state index contributed by atoms with van der Waals surface area (Å²) in [5.74, 6) is 2.69. The SMILES string of the molecule is C#C/C(=C/C=Nc1ccccc1)CCCC. The standard InChI is InChI=1S/C15H17N/c1-3-5-9-14(4-2)12-13-16-15-10-7-6-8-11-15/h2,6-8,10-13H,3,5,9H2,1H3/b14-12-,16-13?. The van der Waals surface area contributed by atoms with Gasteiger partial charge in [-0.3, -0.25) is 4.99 Å². The van der Waals surface area contributed by atoms with Crippen molar-refractivity contribution in [3.8, 4) is 12.3 Å². The van der Waals surface area contributed by atoms with Crippen molar-refractivity contribution in [2.24, 2.45) is 4.99 Å². The van der Waals surface area contributed by atoms with Gasteiger partial charge in [0, 0.05) is 11.8 Å². The lowest BCUT2D eigenvalue weighted by Crippen LogP contribution is -1.80. The first-order chi connectivity index (χ1) is 7.86. The lowest BCUT2D eigenvalue weighted by molar-refractivity contribution is 0.802. The van der Waals surface area contributed by atoms with Crippen molar-refractivity contribution >= 4 is 11.9 Å². The number of benzene rings is 1. The summed E-state index contributed by atoms with van der Waals surface area (Å²) in [7, 11) is 0. The summed E-state index contributed by atoms with van der Waals surface area (Å²) in [6.45, 7) is 2.16. The van der Waals surface area contributed by atoms with Gasteiger partial charge in [-0.1, -0.05) is 37.5 Å². The molecule has 0 saturated heterocycles. The van der Waals surface area contributed by atoms with Crippen LogP contribution in [-0.2, 0) is 0 Å². The van der Waals surface area contributed by atoms with Gasteiger partial charge in [0.15, 0.2) is 0 Å². The lowest BCUT2D eigenvalue weighted by Gasteiger charge is -1.95. The zero-order valence-electron chi connectivity index (χ0n) is 9.69. The van der Waals surface area contributed by atoms with Crippen LogP contribution in [-0.4, -0.2) is 6.21 Å². The summed E-state index contributed by atoms with van der Waals surface area (Å²) in [5.41, 5.74) is 1.96. The van der Waals surface area contributed by atoms with Crippen LogP contribution in [0.5, 0.6) is 0 Å². The first kappa shape index (κ1) is 12.3. The van der Waals surface area contributed by atoms with Gasteiger partial charge >= 0.3 is 0 Å². The molecule has 0 atom stereocenters. The Morgan fingerprint density at radius 2 is 2.12 bits per heavy atom. The summed E-state index contributed by atoms with van der Waals surface area (Å²) < 4.78 is 0. The average molecular weight is 211 g/mol. The molecule has 0 amide bonds. The Hall–Kier alpha value is -1.81. The molecular formula is C15H17N. The van der Waals surface area contributed by atoms with Crippen molar-refractivity contribution in [2.45, 2.75) is 26.2 Å². The van der Waals surface area contributed by atoms with Crippen LogP contribution in [0.2, 0.25) is 0 Å². The third-order valence-electron chi connectivity index (χ3n) is 2.24. The third kappa shape index (κ3) is 4.61. The molecule has 0 fully saturated rings. The monoisotopic (exact) mass is 211 g/mol. The Morgan fingerprint density at radius 1 is 1.38 bits per heavy atom. The zero-order valence-corrected chi connectivity index (χ0v) is 9.69. The van der Waals surface area contributed by atoms with Gasteiger partial charge in [0.05, 0.1) is 5.69 Å². The molecule has 0 aliphatic heterocycles.